The van der Waals surface area contributed by atoms with E-state index in [4.69, 9.17) is 5.26 Å². The number of rotatable bonds is 4. The monoisotopic (exact) mass is 277 g/mol. The van der Waals surface area contributed by atoms with E-state index in [9.17, 15) is 9.59 Å². The Balaban J connectivity index is 2.06. The lowest BCUT2D eigenvalue weighted by molar-refractivity contribution is -0.145. The van der Waals surface area contributed by atoms with Gasteiger partial charge in [0.1, 0.15) is 11.6 Å². The molecule has 110 valence electrons. The van der Waals surface area contributed by atoms with Gasteiger partial charge < -0.3 is 10.2 Å². The zero-order valence-electron chi connectivity index (χ0n) is 12.5. The highest BCUT2D eigenvalue weighted by Crippen LogP contribution is 2.35. The van der Waals surface area contributed by atoms with Gasteiger partial charge in [-0.3, -0.25) is 9.59 Å². The molecule has 2 amide bonds. The maximum Gasteiger partial charge on any atom is 0.244 e. The Labute approximate surface area is 120 Å². The Morgan fingerprint density at radius 1 is 1.45 bits per heavy atom. The maximum absolute atomic E-state index is 12.5. The van der Waals surface area contributed by atoms with Gasteiger partial charge in [0.15, 0.2) is 0 Å². The van der Waals surface area contributed by atoms with Crippen LogP contribution in [-0.4, -0.2) is 34.8 Å². The van der Waals surface area contributed by atoms with Gasteiger partial charge in [-0.1, -0.05) is 20.8 Å². The molecule has 2 aliphatic rings. The van der Waals surface area contributed by atoms with Gasteiger partial charge in [0.25, 0.3) is 0 Å². The van der Waals surface area contributed by atoms with E-state index in [-0.39, 0.29) is 11.8 Å². The average Bonchev–Trinajstić information content (AvgIpc) is 3.03. The second-order valence-corrected chi connectivity index (χ2v) is 6.58. The molecule has 0 spiro atoms. The van der Waals surface area contributed by atoms with Crippen LogP contribution in [0, 0.1) is 16.7 Å². The summed E-state index contributed by atoms with van der Waals surface area (Å²) in [6.07, 6.45) is 3.73. The molecule has 0 aromatic heterocycles. The van der Waals surface area contributed by atoms with E-state index in [0.717, 1.165) is 25.7 Å². The van der Waals surface area contributed by atoms with Gasteiger partial charge in [-0.25, -0.2) is 0 Å². The van der Waals surface area contributed by atoms with Crippen molar-refractivity contribution in [1.29, 1.82) is 5.26 Å². The van der Waals surface area contributed by atoms with Gasteiger partial charge in [0, 0.05) is 12.0 Å². The Morgan fingerprint density at radius 3 is 2.60 bits per heavy atom. The number of nitriles is 1. The quantitative estimate of drug-likeness (QED) is 0.848. The predicted molar refractivity (Wildman–Crippen MR) is 74.5 cm³/mol. The highest BCUT2D eigenvalue weighted by atomic mass is 16.2. The number of nitrogens with one attached hydrogen (secondary N) is 1. The van der Waals surface area contributed by atoms with Crippen LogP contribution in [0.25, 0.3) is 0 Å². The smallest absolute Gasteiger partial charge is 0.244 e. The first kappa shape index (κ1) is 14.8. The summed E-state index contributed by atoms with van der Waals surface area (Å²) in [4.78, 5) is 26.6. The first-order valence-electron chi connectivity index (χ1n) is 7.39. The Bertz CT molecular complexity index is 460. The van der Waals surface area contributed by atoms with Crippen LogP contribution in [0.1, 0.15) is 52.9 Å². The van der Waals surface area contributed by atoms with Crippen molar-refractivity contribution in [3.8, 4) is 6.07 Å². The molecule has 1 saturated heterocycles. The van der Waals surface area contributed by atoms with Crippen molar-refractivity contribution in [2.75, 3.05) is 6.54 Å². The SMILES string of the molecule is CCC(C)(C)C(=O)N1CCCC1C(=O)NC1(C#N)CC1. The highest BCUT2D eigenvalue weighted by Gasteiger charge is 2.47. The summed E-state index contributed by atoms with van der Waals surface area (Å²) in [7, 11) is 0. The molecule has 5 nitrogen and oxygen atoms in total. The third kappa shape index (κ3) is 2.65. The Hall–Kier alpha value is -1.57. The standard InChI is InChI=1S/C15H23N3O2/c1-4-14(2,3)13(20)18-9-5-6-11(18)12(19)17-15(10-16)7-8-15/h11H,4-9H2,1-3H3,(H,17,19). The van der Waals surface area contributed by atoms with Crippen molar-refractivity contribution in [2.24, 2.45) is 5.41 Å². The minimum atomic E-state index is -0.658. The number of likely N-dealkylation sites (tertiary alicyclic amines) is 1. The van der Waals surface area contributed by atoms with Crippen LogP contribution in [0.5, 0.6) is 0 Å². The molecule has 1 saturated carbocycles. The Kier molecular flexibility index (Phi) is 3.77. The van der Waals surface area contributed by atoms with E-state index in [1.165, 1.54) is 0 Å². The summed E-state index contributed by atoms with van der Waals surface area (Å²) < 4.78 is 0. The van der Waals surface area contributed by atoms with E-state index in [1.54, 1.807) is 4.90 Å². The van der Waals surface area contributed by atoms with Crippen molar-refractivity contribution < 1.29 is 9.59 Å². The van der Waals surface area contributed by atoms with Crippen LogP contribution < -0.4 is 5.32 Å². The zero-order valence-corrected chi connectivity index (χ0v) is 12.5. The number of hydrogen-bond donors (Lipinski definition) is 1. The van der Waals surface area contributed by atoms with Crippen LogP contribution in [-0.2, 0) is 9.59 Å². The van der Waals surface area contributed by atoms with Gasteiger partial charge in [-0.2, -0.15) is 5.26 Å². The van der Waals surface area contributed by atoms with Gasteiger partial charge in [-0.15, -0.1) is 0 Å². The minimum absolute atomic E-state index is 0.0412. The predicted octanol–water partition coefficient (Wildman–Crippen LogP) is 1.59. The Morgan fingerprint density at radius 2 is 2.10 bits per heavy atom. The van der Waals surface area contributed by atoms with Crippen LogP contribution in [0.3, 0.4) is 0 Å². The van der Waals surface area contributed by atoms with Crippen molar-refractivity contribution >= 4 is 11.8 Å². The average molecular weight is 277 g/mol. The topological polar surface area (TPSA) is 73.2 Å². The molecule has 2 fully saturated rings. The second kappa shape index (κ2) is 5.08. The summed E-state index contributed by atoms with van der Waals surface area (Å²) in [5.74, 6) is -0.124. The summed E-state index contributed by atoms with van der Waals surface area (Å²) in [6.45, 7) is 6.46. The lowest BCUT2D eigenvalue weighted by atomic mass is 9.88. The number of amides is 2. The first-order chi connectivity index (χ1) is 9.35. The van der Waals surface area contributed by atoms with Crippen LogP contribution in [0.4, 0.5) is 0 Å². The first-order valence-corrected chi connectivity index (χ1v) is 7.39. The molecule has 0 radical (unpaired) electrons. The van der Waals surface area contributed by atoms with Crippen LogP contribution in [0.15, 0.2) is 0 Å². The van der Waals surface area contributed by atoms with E-state index in [1.807, 2.05) is 20.8 Å². The van der Waals surface area contributed by atoms with Gasteiger partial charge in [-0.05, 0) is 32.1 Å². The van der Waals surface area contributed by atoms with Crippen LogP contribution in [0.2, 0.25) is 0 Å². The number of nitrogens with zero attached hydrogens (tertiary/aromatic N) is 2. The molecule has 1 N–H and O–H groups in total. The maximum atomic E-state index is 12.5. The zero-order chi connectivity index (χ0) is 15.0. The number of carbonyl (C=O) groups is 2. The second-order valence-electron chi connectivity index (χ2n) is 6.58. The van der Waals surface area contributed by atoms with Crippen molar-refractivity contribution in [3.63, 3.8) is 0 Å². The molecule has 0 bridgehead atoms. The summed E-state index contributed by atoms with van der Waals surface area (Å²) in [6, 6.07) is 1.75. The highest BCUT2D eigenvalue weighted by molar-refractivity contribution is 5.91. The van der Waals surface area contributed by atoms with Crippen LogP contribution >= 0.6 is 0 Å². The largest absolute Gasteiger partial charge is 0.336 e. The fourth-order valence-electron chi connectivity index (χ4n) is 2.53. The number of carbonyl (C=O) groups excluding carboxylic acids is 2. The third-order valence-electron chi connectivity index (χ3n) is 4.61. The van der Waals surface area contributed by atoms with Crippen molar-refractivity contribution in [3.05, 3.63) is 0 Å². The molecule has 5 heteroatoms. The molecular weight excluding hydrogens is 254 g/mol. The third-order valence-corrected chi connectivity index (χ3v) is 4.61. The fourth-order valence-corrected chi connectivity index (χ4v) is 2.53. The van der Waals surface area contributed by atoms with Crippen molar-refractivity contribution in [2.45, 2.75) is 64.5 Å². The molecule has 1 aliphatic heterocycles. The molecule has 20 heavy (non-hydrogen) atoms. The van der Waals surface area contributed by atoms with Gasteiger partial charge in [0.2, 0.25) is 11.8 Å². The molecule has 2 rings (SSSR count). The lowest BCUT2D eigenvalue weighted by Gasteiger charge is -2.32. The lowest BCUT2D eigenvalue weighted by Crippen LogP contribution is -2.52. The minimum Gasteiger partial charge on any atom is -0.336 e. The van der Waals surface area contributed by atoms with E-state index < -0.39 is 17.0 Å². The van der Waals surface area contributed by atoms with E-state index in [2.05, 4.69) is 11.4 Å². The number of hydrogen-bond acceptors (Lipinski definition) is 3. The van der Waals surface area contributed by atoms with E-state index in [0.29, 0.717) is 13.0 Å². The van der Waals surface area contributed by atoms with E-state index >= 15 is 0 Å². The summed E-state index contributed by atoms with van der Waals surface area (Å²) in [5, 5.41) is 11.9. The van der Waals surface area contributed by atoms with Gasteiger partial charge in [0.05, 0.1) is 6.07 Å². The summed E-state index contributed by atoms with van der Waals surface area (Å²) >= 11 is 0. The normalized spacial score (nSPS) is 24.1. The molecular formula is C15H23N3O2. The molecule has 0 aromatic carbocycles. The molecule has 0 aromatic rings. The molecule has 1 unspecified atom stereocenters. The summed E-state index contributed by atoms with van der Waals surface area (Å²) in [5.41, 5.74) is -1.09. The fraction of sp³-hybridized carbons (Fsp3) is 0.800. The van der Waals surface area contributed by atoms with Gasteiger partial charge >= 0.3 is 0 Å². The molecule has 1 atom stereocenters. The molecule has 1 aliphatic carbocycles. The van der Waals surface area contributed by atoms with Crippen molar-refractivity contribution in [1.82, 2.24) is 10.2 Å². The molecule has 1 heterocycles.